The third-order valence-corrected chi connectivity index (χ3v) is 8.25. The van der Waals surface area contributed by atoms with Crippen molar-refractivity contribution in [3.8, 4) is 17.1 Å². The highest BCUT2D eigenvalue weighted by Gasteiger charge is 2.31. The molecule has 3 aromatic rings. The molecule has 31 heavy (non-hydrogen) atoms. The first-order valence-electron chi connectivity index (χ1n) is 9.78. The lowest BCUT2D eigenvalue weighted by atomic mass is 10.1. The molecule has 1 aliphatic heterocycles. The summed E-state index contributed by atoms with van der Waals surface area (Å²) in [6.45, 7) is 2.38. The molecule has 2 aromatic carbocycles. The van der Waals surface area contributed by atoms with Crippen LogP contribution in [0.4, 0.5) is 0 Å². The third kappa shape index (κ3) is 4.59. The summed E-state index contributed by atoms with van der Waals surface area (Å²) in [6.07, 6.45) is 0.612. The molecule has 1 aliphatic rings. The van der Waals surface area contributed by atoms with Gasteiger partial charge in [-0.1, -0.05) is 41.4 Å². The molecule has 1 atom stereocenters. The van der Waals surface area contributed by atoms with Crippen molar-refractivity contribution < 1.29 is 8.42 Å². The fraction of sp³-hybridized carbons (Fsp3) is 0.333. The van der Waals surface area contributed by atoms with Gasteiger partial charge in [0.15, 0.2) is 15.7 Å². The zero-order valence-electron chi connectivity index (χ0n) is 17.1. The number of hydrogen-bond donors (Lipinski definition) is 0. The van der Waals surface area contributed by atoms with E-state index in [0.717, 1.165) is 11.3 Å². The number of nitrogens with zero attached hydrogens (tertiary/aromatic N) is 4. The molecule has 1 unspecified atom stereocenters. The Bertz CT molecular complexity index is 1300. The summed E-state index contributed by atoms with van der Waals surface area (Å²) < 4.78 is 27.9. The number of aryl methyl sites for hydroxylation is 1. The first-order chi connectivity index (χ1) is 14.7. The average molecular weight is 497 g/mol. The Kier molecular flexibility index (Phi) is 6.29. The Balaban J connectivity index is 1.81. The SMILES string of the molecule is Cc1ccccc1-n1c(-c2ccc(Cl)cc2Cl)nn(CN(C)C2CCS(=O)(=O)C2)c1=S. The maximum absolute atomic E-state index is 11.9. The van der Waals surface area contributed by atoms with Crippen LogP contribution >= 0.6 is 35.4 Å². The Morgan fingerprint density at radius 1 is 1.23 bits per heavy atom. The van der Waals surface area contributed by atoms with Gasteiger partial charge in [-0.25, -0.2) is 13.1 Å². The van der Waals surface area contributed by atoms with E-state index >= 15 is 0 Å². The first-order valence-corrected chi connectivity index (χ1v) is 12.8. The van der Waals surface area contributed by atoms with E-state index in [1.807, 2.05) is 53.8 Å². The molecule has 10 heteroatoms. The predicted octanol–water partition coefficient (Wildman–Crippen LogP) is 4.76. The standard InChI is InChI=1S/C21H22Cl2N4O2S2/c1-14-5-3-4-6-19(14)27-20(17-8-7-15(22)11-18(17)23)24-26(21(27)30)13-25(2)16-9-10-31(28,29)12-16/h3-8,11,16H,9-10,12-13H2,1-2H3. The normalized spacial score (nSPS) is 18.0. The van der Waals surface area contributed by atoms with Gasteiger partial charge in [-0.3, -0.25) is 9.47 Å². The maximum atomic E-state index is 11.9. The number of halogens is 2. The van der Waals surface area contributed by atoms with Crippen LogP contribution in [0.5, 0.6) is 0 Å². The van der Waals surface area contributed by atoms with Crippen LogP contribution in [0.1, 0.15) is 12.0 Å². The van der Waals surface area contributed by atoms with Crippen molar-refractivity contribution in [2.75, 3.05) is 18.6 Å². The van der Waals surface area contributed by atoms with Crippen molar-refractivity contribution in [1.29, 1.82) is 0 Å². The number of hydrogen-bond acceptors (Lipinski definition) is 5. The van der Waals surface area contributed by atoms with Crippen LogP contribution in [-0.4, -0.2) is 52.3 Å². The van der Waals surface area contributed by atoms with Gasteiger partial charge in [0.25, 0.3) is 0 Å². The molecule has 1 aromatic heterocycles. The molecule has 1 fully saturated rings. The minimum absolute atomic E-state index is 0.0573. The number of benzene rings is 2. The molecule has 0 spiro atoms. The van der Waals surface area contributed by atoms with E-state index in [9.17, 15) is 8.42 Å². The quantitative estimate of drug-likeness (QED) is 0.476. The lowest BCUT2D eigenvalue weighted by Crippen LogP contribution is -2.34. The highest BCUT2D eigenvalue weighted by Crippen LogP contribution is 2.32. The molecule has 0 bridgehead atoms. The summed E-state index contributed by atoms with van der Waals surface area (Å²) in [5.74, 6) is 0.982. The topological polar surface area (TPSA) is 60.1 Å². The van der Waals surface area contributed by atoms with Crippen LogP contribution in [0, 0.1) is 11.7 Å². The number of rotatable bonds is 5. The van der Waals surface area contributed by atoms with Gasteiger partial charge in [-0.2, -0.15) is 0 Å². The molecule has 0 aliphatic carbocycles. The molecular formula is C21H22Cl2N4O2S2. The average Bonchev–Trinajstić information content (AvgIpc) is 3.22. The summed E-state index contributed by atoms with van der Waals surface area (Å²) in [5, 5.41) is 5.81. The smallest absolute Gasteiger partial charge is 0.204 e. The summed E-state index contributed by atoms with van der Waals surface area (Å²) in [6, 6.07) is 13.1. The van der Waals surface area contributed by atoms with Crippen LogP contribution in [0.25, 0.3) is 17.1 Å². The summed E-state index contributed by atoms with van der Waals surface area (Å²) in [7, 11) is -1.08. The van der Waals surface area contributed by atoms with Crippen molar-refractivity contribution in [3.63, 3.8) is 0 Å². The van der Waals surface area contributed by atoms with Crippen LogP contribution in [-0.2, 0) is 16.5 Å². The van der Waals surface area contributed by atoms with Crippen molar-refractivity contribution in [2.24, 2.45) is 0 Å². The number of aromatic nitrogens is 3. The highest BCUT2D eigenvalue weighted by atomic mass is 35.5. The van der Waals surface area contributed by atoms with Crippen LogP contribution in [0.15, 0.2) is 42.5 Å². The van der Waals surface area contributed by atoms with Crippen molar-refractivity contribution in [3.05, 3.63) is 62.8 Å². The summed E-state index contributed by atoms with van der Waals surface area (Å²) in [4.78, 5) is 1.99. The molecule has 0 N–H and O–H groups in total. The van der Waals surface area contributed by atoms with Crippen molar-refractivity contribution >= 4 is 45.3 Å². The molecular weight excluding hydrogens is 475 g/mol. The zero-order chi connectivity index (χ0) is 22.3. The van der Waals surface area contributed by atoms with E-state index in [4.69, 9.17) is 40.5 Å². The van der Waals surface area contributed by atoms with E-state index in [1.54, 1.807) is 16.8 Å². The van der Waals surface area contributed by atoms with Gasteiger partial charge in [0.1, 0.15) is 0 Å². The van der Waals surface area contributed by atoms with E-state index in [1.165, 1.54) is 0 Å². The largest absolute Gasteiger partial charge is 0.283 e. The fourth-order valence-corrected chi connectivity index (χ4v) is 6.41. The number of para-hydroxylation sites is 1. The molecule has 6 nitrogen and oxygen atoms in total. The molecule has 2 heterocycles. The first kappa shape index (κ1) is 22.5. The maximum Gasteiger partial charge on any atom is 0.204 e. The monoisotopic (exact) mass is 496 g/mol. The summed E-state index contributed by atoms with van der Waals surface area (Å²) >= 11 is 18.4. The second-order valence-electron chi connectivity index (χ2n) is 7.81. The molecule has 0 radical (unpaired) electrons. The minimum atomic E-state index is -2.98. The van der Waals surface area contributed by atoms with Crippen molar-refractivity contribution in [1.82, 2.24) is 19.2 Å². The van der Waals surface area contributed by atoms with Gasteiger partial charge >= 0.3 is 0 Å². The Morgan fingerprint density at radius 2 is 1.97 bits per heavy atom. The second-order valence-corrected chi connectivity index (χ2v) is 11.2. The number of sulfone groups is 1. The van der Waals surface area contributed by atoms with Gasteiger partial charge in [-0.15, -0.1) is 5.10 Å². The van der Waals surface area contributed by atoms with Gasteiger partial charge in [0.05, 0.1) is 28.9 Å². The minimum Gasteiger partial charge on any atom is -0.283 e. The Morgan fingerprint density at radius 3 is 2.61 bits per heavy atom. The van der Waals surface area contributed by atoms with Gasteiger partial charge < -0.3 is 0 Å². The zero-order valence-corrected chi connectivity index (χ0v) is 20.3. The van der Waals surface area contributed by atoms with Crippen LogP contribution in [0.2, 0.25) is 10.0 Å². The Labute approximate surface area is 196 Å². The fourth-order valence-electron chi connectivity index (χ4n) is 3.83. The molecule has 0 saturated carbocycles. The predicted molar refractivity (Wildman–Crippen MR) is 127 cm³/mol. The van der Waals surface area contributed by atoms with E-state index in [2.05, 4.69) is 0 Å². The lowest BCUT2D eigenvalue weighted by Gasteiger charge is -2.22. The Hall–Kier alpha value is -1.71. The lowest BCUT2D eigenvalue weighted by molar-refractivity contribution is 0.196. The van der Waals surface area contributed by atoms with Crippen LogP contribution < -0.4 is 0 Å². The summed E-state index contributed by atoms with van der Waals surface area (Å²) in [5.41, 5.74) is 2.66. The molecule has 164 valence electrons. The van der Waals surface area contributed by atoms with Gasteiger partial charge in [-0.05, 0) is 62.4 Å². The van der Waals surface area contributed by atoms with E-state index in [0.29, 0.717) is 39.3 Å². The van der Waals surface area contributed by atoms with Gasteiger partial charge in [0, 0.05) is 16.6 Å². The third-order valence-electron chi connectivity index (χ3n) is 5.56. The molecule has 0 amide bonds. The van der Waals surface area contributed by atoms with Gasteiger partial charge in [0.2, 0.25) is 4.77 Å². The molecule has 4 rings (SSSR count). The van der Waals surface area contributed by atoms with E-state index in [-0.39, 0.29) is 17.5 Å². The van der Waals surface area contributed by atoms with Crippen molar-refractivity contribution in [2.45, 2.75) is 26.1 Å². The van der Waals surface area contributed by atoms with Crippen LogP contribution in [0.3, 0.4) is 0 Å². The highest BCUT2D eigenvalue weighted by molar-refractivity contribution is 7.91. The second kappa shape index (κ2) is 8.67. The van der Waals surface area contributed by atoms with E-state index < -0.39 is 9.84 Å². The molecule has 1 saturated heterocycles.